The molecular formula is C13H17FO2. The molecule has 0 aromatic carbocycles. The maximum absolute atomic E-state index is 12.9. The molecule has 16 heavy (non-hydrogen) atoms. The van der Waals surface area contributed by atoms with Gasteiger partial charge in [0, 0.05) is 0 Å². The molecule has 88 valence electrons. The van der Waals surface area contributed by atoms with Gasteiger partial charge in [-0.25, -0.2) is 4.39 Å². The third-order valence-electron chi connectivity index (χ3n) is 3.94. The van der Waals surface area contributed by atoms with E-state index in [1.807, 2.05) is 0 Å². The Hall–Kier alpha value is -1.12. The van der Waals surface area contributed by atoms with Gasteiger partial charge in [0.1, 0.15) is 5.83 Å². The van der Waals surface area contributed by atoms with E-state index in [9.17, 15) is 14.3 Å². The number of hydrogen-bond donors (Lipinski definition) is 1. The SMILES string of the molecule is O=C(O)C1(C2C=CC(F)=CC2)CCCCC1. The van der Waals surface area contributed by atoms with E-state index in [0.29, 0.717) is 6.42 Å². The summed E-state index contributed by atoms with van der Waals surface area (Å²) in [5, 5.41) is 9.46. The van der Waals surface area contributed by atoms with Crippen LogP contribution in [0.25, 0.3) is 0 Å². The van der Waals surface area contributed by atoms with Crippen LogP contribution >= 0.6 is 0 Å². The van der Waals surface area contributed by atoms with Gasteiger partial charge in [0.05, 0.1) is 5.41 Å². The number of allylic oxidation sites excluding steroid dienone is 4. The van der Waals surface area contributed by atoms with Crippen molar-refractivity contribution in [2.45, 2.75) is 38.5 Å². The fourth-order valence-electron chi connectivity index (χ4n) is 2.93. The van der Waals surface area contributed by atoms with Crippen molar-refractivity contribution in [3.8, 4) is 0 Å². The van der Waals surface area contributed by atoms with Crippen LogP contribution in [0.4, 0.5) is 4.39 Å². The molecule has 2 nitrogen and oxygen atoms in total. The average Bonchev–Trinajstić information content (AvgIpc) is 2.30. The summed E-state index contributed by atoms with van der Waals surface area (Å²) in [6.07, 6.45) is 9.71. The van der Waals surface area contributed by atoms with Crippen LogP contribution in [0.15, 0.2) is 24.1 Å². The number of carboxylic acids is 1. The van der Waals surface area contributed by atoms with Crippen LogP contribution in [0, 0.1) is 11.3 Å². The molecule has 0 saturated heterocycles. The number of halogens is 1. The smallest absolute Gasteiger partial charge is 0.310 e. The van der Waals surface area contributed by atoms with Crippen molar-refractivity contribution in [1.29, 1.82) is 0 Å². The summed E-state index contributed by atoms with van der Waals surface area (Å²) in [6, 6.07) is 0. The van der Waals surface area contributed by atoms with E-state index in [1.165, 1.54) is 12.2 Å². The lowest BCUT2D eigenvalue weighted by Gasteiger charge is -2.39. The van der Waals surface area contributed by atoms with Gasteiger partial charge < -0.3 is 5.11 Å². The van der Waals surface area contributed by atoms with E-state index in [4.69, 9.17) is 0 Å². The Bertz CT molecular complexity index is 338. The first kappa shape index (κ1) is 11.4. The maximum atomic E-state index is 12.9. The van der Waals surface area contributed by atoms with E-state index >= 15 is 0 Å². The van der Waals surface area contributed by atoms with Gasteiger partial charge in [0.15, 0.2) is 0 Å². The highest BCUT2D eigenvalue weighted by Gasteiger charge is 2.45. The minimum Gasteiger partial charge on any atom is -0.481 e. The van der Waals surface area contributed by atoms with Crippen molar-refractivity contribution < 1.29 is 14.3 Å². The second-order valence-corrected chi connectivity index (χ2v) is 4.81. The average molecular weight is 224 g/mol. The quantitative estimate of drug-likeness (QED) is 0.780. The molecule has 1 atom stereocenters. The maximum Gasteiger partial charge on any atom is 0.310 e. The van der Waals surface area contributed by atoms with Crippen molar-refractivity contribution in [2.75, 3.05) is 0 Å². The third kappa shape index (κ3) is 1.91. The Balaban J connectivity index is 2.20. The zero-order chi connectivity index (χ0) is 11.6. The number of carbonyl (C=O) groups is 1. The van der Waals surface area contributed by atoms with Crippen molar-refractivity contribution in [2.24, 2.45) is 11.3 Å². The Morgan fingerprint density at radius 1 is 1.38 bits per heavy atom. The van der Waals surface area contributed by atoms with Crippen LogP contribution in [0.3, 0.4) is 0 Å². The summed E-state index contributed by atoms with van der Waals surface area (Å²) in [4.78, 5) is 11.5. The number of carboxylic acid groups (broad SMARTS) is 1. The lowest BCUT2D eigenvalue weighted by Crippen LogP contribution is -2.40. The summed E-state index contributed by atoms with van der Waals surface area (Å²) in [5.41, 5.74) is -0.647. The van der Waals surface area contributed by atoms with E-state index in [-0.39, 0.29) is 11.7 Å². The number of hydrogen-bond acceptors (Lipinski definition) is 1. The van der Waals surface area contributed by atoms with Crippen LogP contribution in [-0.4, -0.2) is 11.1 Å². The molecule has 0 bridgehead atoms. The van der Waals surface area contributed by atoms with Crippen LogP contribution in [0.1, 0.15) is 38.5 Å². The molecule has 2 rings (SSSR count). The summed E-state index contributed by atoms with van der Waals surface area (Å²) in [6.45, 7) is 0. The first-order valence-electron chi connectivity index (χ1n) is 5.92. The molecule has 0 spiro atoms. The summed E-state index contributed by atoms with van der Waals surface area (Å²) in [5.74, 6) is -0.991. The van der Waals surface area contributed by atoms with Crippen molar-refractivity contribution >= 4 is 5.97 Å². The summed E-state index contributed by atoms with van der Waals surface area (Å²) >= 11 is 0. The molecule has 0 radical (unpaired) electrons. The van der Waals surface area contributed by atoms with E-state index < -0.39 is 11.4 Å². The van der Waals surface area contributed by atoms with Crippen molar-refractivity contribution in [3.63, 3.8) is 0 Å². The standard InChI is InChI=1S/C13H17FO2/c14-11-6-4-10(5-7-11)13(12(15)16)8-2-1-3-9-13/h4,6-7,10H,1-3,5,8-9H2,(H,15,16). The molecule has 0 aromatic heterocycles. The molecule has 1 saturated carbocycles. The van der Waals surface area contributed by atoms with Crippen molar-refractivity contribution in [3.05, 3.63) is 24.1 Å². The third-order valence-corrected chi connectivity index (χ3v) is 3.94. The molecule has 0 heterocycles. The molecule has 1 unspecified atom stereocenters. The second kappa shape index (κ2) is 4.40. The van der Waals surface area contributed by atoms with Crippen LogP contribution in [0.2, 0.25) is 0 Å². The van der Waals surface area contributed by atoms with E-state index in [1.54, 1.807) is 6.08 Å². The number of aliphatic carboxylic acids is 1. The molecule has 1 fully saturated rings. The topological polar surface area (TPSA) is 37.3 Å². The second-order valence-electron chi connectivity index (χ2n) is 4.81. The molecule has 2 aliphatic rings. The first-order valence-corrected chi connectivity index (χ1v) is 5.92. The highest BCUT2D eigenvalue weighted by molar-refractivity contribution is 5.75. The van der Waals surface area contributed by atoms with Crippen LogP contribution in [-0.2, 0) is 4.79 Å². The predicted molar refractivity (Wildman–Crippen MR) is 59.6 cm³/mol. The zero-order valence-corrected chi connectivity index (χ0v) is 9.29. The fraction of sp³-hybridized carbons (Fsp3) is 0.615. The van der Waals surface area contributed by atoms with Gasteiger partial charge in [-0.1, -0.05) is 25.3 Å². The molecule has 0 amide bonds. The van der Waals surface area contributed by atoms with E-state index in [2.05, 4.69) is 0 Å². The van der Waals surface area contributed by atoms with Crippen molar-refractivity contribution in [1.82, 2.24) is 0 Å². The first-order chi connectivity index (χ1) is 7.65. The van der Waals surface area contributed by atoms with E-state index in [0.717, 1.165) is 32.1 Å². The van der Waals surface area contributed by atoms with Gasteiger partial charge in [0.25, 0.3) is 0 Å². The Morgan fingerprint density at radius 3 is 2.56 bits per heavy atom. The van der Waals surface area contributed by atoms with Crippen LogP contribution in [0.5, 0.6) is 0 Å². The lowest BCUT2D eigenvalue weighted by atomic mass is 9.64. The monoisotopic (exact) mass is 224 g/mol. The lowest BCUT2D eigenvalue weighted by molar-refractivity contribution is -0.154. The Labute approximate surface area is 94.8 Å². The highest BCUT2D eigenvalue weighted by Crippen LogP contribution is 2.46. The molecule has 0 aromatic rings. The number of rotatable bonds is 2. The zero-order valence-electron chi connectivity index (χ0n) is 9.29. The molecule has 2 aliphatic carbocycles. The normalized spacial score (nSPS) is 28.6. The largest absolute Gasteiger partial charge is 0.481 e. The highest BCUT2D eigenvalue weighted by atomic mass is 19.1. The minimum absolute atomic E-state index is 0.0372. The molecule has 0 aliphatic heterocycles. The Kier molecular flexibility index (Phi) is 3.13. The van der Waals surface area contributed by atoms with Gasteiger partial charge in [-0.05, 0) is 37.3 Å². The van der Waals surface area contributed by atoms with Gasteiger partial charge in [0.2, 0.25) is 0 Å². The van der Waals surface area contributed by atoms with Gasteiger partial charge in [-0.3, -0.25) is 4.79 Å². The van der Waals surface area contributed by atoms with Gasteiger partial charge in [-0.15, -0.1) is 0 Å². The Morgan fingerprint density at radius 2 is 2.06 bits per heavy atom. The summed E-state index contributed by atoms with van der Waals surface area (Å²) < 4.78 is 12.9. The minimum atomic E-state index is -0.711. The molecule has 1 N–H and O–H groups in total. The van der Waals surface area contributed by atoms with Crippen LogP contribution < -0.4 is 0 Å². The molecular weight excluding hydrogens is 207 g/mol. The summed E-state index contributed by atoms with van der Waals surface area (Å²) in [7, 11) is 0. The predicted octanol–water partition coefficient (Wildman–Crippen LogP) is 3.45. The van der Waals surface area contributed by atoms with Gasteiger partial charge in [-0.2, -0.15) is 0 Å². The van der Waals surface area contributed by atoms with Gasteiger partial charge >= 0.3 is 5.97 Å². The molecule has 3 heteroatoms. The fourth-order valence-corrected chi connectivity index (χ4v) is 2.93.